The topological polar surface area (TPSA) is 15.3 Å². The van der Waals surface area contributed by atoms with Gasteiger partial charge in [0.2, 0.25) is 0 Å². The van der Waals surface area contributed by atoms with Crippen molar-refractivity contribution >= 4 is 0 Å². The normalized spacial score (nSPS) is 38.0. The second kappa shape index (κ2) is 6.91. The lowest BCUT2D eigenvalue weighted by Crippen LogP contribution is -2.38. The van der Waals surface area contributed by atoms with Crippen LogP contribution in [0.2, 0.25) is 0 Å². The minimum Gasteiger partial charge on any atom is -0.317 e. The van der Waals surface area contributed by atoms with E-state index in [9.17, 15) is 0 Å². The van der Waals surface area contributed by atoms with Crippen molar-refractivity contribution in [3.8, 4) is 0 Å². The Bertz CT molecular complexity index is 225. The third-order valence-electron chi connectivity index (χ3n) is 5.71. The predicted molar refractivity (Wildman–Crippen MR) is 78.9 cm³/mol. The molecule has 0 atom stereocenters. The van der Waals surface area contributed by atoms with E-state index in [2.05, 4.69) is 31.2 Å². The van der Waals surface area contributed by atoms with E-state index in [0.29, 0.717) is 0 Å². The van der Waals surface area contributed by atoms with Gasteiger partial charge < -0.3 is 10.2 Å². The lowest BCUT2D eigenvalue weighted by atomic mass is 9.71. The molecular formula is C16H32N2. The van der Waals surface area contributed by atoms with Gasteiger partial charge in [-0.1, -0.05) is 6.92 Å². The van der Waals surface area contributed by atoms with E-state index in [-0.39, 0.29) is 0 Å². The molecule has 0 aromatic rings. The molecule has 2 fully saturated rings. The van der Waals surface area contributed by atoms with Gasteiger partial charge in [-0.15, -0.1) is 0 Å². The maximum Gasteiger partial charge on any atom is 0.00923 e. The van der Waals surface area contributed by atoms with Gasteiger partial charge >= 0.3 is 0 Å². The molecule has 0 aromatic heterocycles. The van der Waals surface area contributed by atoms with Crippen LogP contribution in [0, 0.1) is 11.8 Å². The Hall–Kier alpha value is -0.0800. The summed E-state index contributed by atoms with van der Waals surface area (Å²) in [5, 5.41) is 3.45. The van der Waals surface area contributed by atoms with Crippen LogP contribution >= 0.6 is 0 Å². The van der Waals surface area contributed by atoms with Gasteiger partial charge in [-0.3, -0.25) is 0 Å². The van der Waals surface area contributed by atoms with Crippen LogP contribution < -0.4 is 5.32 Å². The van der Waals surface area contributed by atoms with Crippen molar-refractivity contribution in [1.29, 1.82) is 0 Å². The van der Waals surface area contributed by atoms with Crippen LogP contribution in [0.4, 0.5) is 0 Å². The van der Waals surface area contributed by atoms with Gasteiger partial charge in [0.05, 0.1) is 0 Å². The maximum absolute atomic E-state index is 3.45. The van der Waals surface area contributed by atoms with E-state index in [4.69, 9.17) is 0 Å². The van der Waals surface area contributed by atoms with Crippen molar-refractivity contribution in [3.63, 3.8) is 0 Å². The first-order chi connectivity index (χ1) is 8.74. The van der Waals surface area contributed by atoms with Crippen LogP contribution in [0.25, 0.3) is 0 Å². The fourth-order valence-corrected chi connectivity index (χ4v) is 4.15. The van der Waals surface area contributed by atoms with Crippen LogP contribution in [0.5, 0.6) is 0 Å². The zero-order valence-corrected chi connectivity index (χ0v) is 12.6. The second-order valence-electron chi connectivity index (χ2n) is 6.54. The molecule has 0 unspecified atom stereocenters. The van der Waals surface area contributed by atoms with Crippen molar-refractivity contribution in [3.05, 3.63) is 0 Å². The van der Waals surface area contributed by atoms with Gasteiger partial charge in [0.15, 0.2) is 0 Å². The van der Waals surface area contributed by atoms with Crippen molar-refractivity contribution in [2.24, 2.45) is 11.8 Å². The molecule has 0 aromatic carbocycles. The van der Waals surface area contributed by atoms with Gasteiger partial charge in [0, 0.05) is 12.1 Å². The summed E-state index contributed by atoms with van der Waals surface area (Å²) in [6.45, 7) is 3.49. The fraction of sp³-hybridized carbons (Fsp3) is 1.00. The quantitative estimate of drug-likeness (QED) is 0.826. The van der Waals surface area contributed by atoms with Crippen molar-refractivity contribution in [2.75, 3.05) is 20.6 Å². The van der Waals surface area contributed by atoms with Gasteiger partial charge in [-0.05, 0) is 83.8 Å². The Morgan fingerprint density at radius 1 is 0.889 bits per heavy atom. The Kier molecular flexibility index (Phi) is 5.50. The van der Waals surface area contributed by atoms with Crippen LogP contribution in [-0.2, 0) is 0 Å². The molecule has 0 heterocycles. The maximum atomic E-state index is 3.45. The van der Waals surface area contributed by atoms with E-state index in [1.54, 1.807) is 0 Å². The monoisotopic (exact) mass is 252 g/mol. The third-order valence-corrected chi connectivity index (χ3v) is 5.71. The molecule has 0 spiro atoms. The lowest BCUT2D eigenvalue weighted by Gasteiger charge is -2.40. The number of nitrogens with zero attached hydrogens (tertiary/aromatic N) is 1. The third kappa shape index (κ3) is 3.48. The summed E-state index contributed by atoms with van der Waals surface area (Å²) in [5.74, 6) is 2.09. The molecule has 106 valence electrons. The Morgan fingerprint density at radius 2 is 1.39 bits per heavy atom. The Morgan fingerprint density at radius 3 is 1.83 bits per heavy atom. The van der Waals surface area contributed by atoms with Crippen molar-refractivity contribution in [2.45, 2.75) is 70.4 Å². The van der Waals surface area contributed by atoms with Crippen molar-refractivity contribution in [1.82, 2.24) is 10.2 Å². The van der Waals surface area contributed by atoms with Crippen molar-refractivity contribution < 1.29 is 0 Å². The molecule has 0 amide bonds. The largest absolute Gasteiger partial charge is 0.317 e. The van der Waals surface area contributed by atoms with Gasteiger partial charge in [-0.2, -0.15) is 0 Å². The molecule has 18 heavy (non-hydrogen) atoms. The van der Waals surface area contributed by atoms with E-state index in [1.807, 2.05) is 0 Å². The fourth-order valence-electron chi connectivity index (χ4n) is 4.15. The standard InChI is InChI=1S/C16H32N2/c1-4-18(3)16-11-7-14(8-12-16)13-5-9-15(17-2)10-6-13/h13-17H,4-12H2,1-3H3. The van der Waals surface area contributed by atoms with Crippen LogP contribution in [0.15, 0.2) is 0 Å². The molecule has 2 heteroatoms. The highest BCUT2D eigenvalue weighted by Gasteiger charge is 2.31. The first-order valence-electron chi connectivity index (χ1n) is 8.12. The SMILES string of the molecule is CCN(C)C1CCC(C2CCC(NC)CC2)CC1. The highest BCUT2D eigenvalue weighted by molar-refractivity contribution is 4.85. The predicted octanol–water partition coefficient (Wildman–Crippen LogP) is 3.28. The molecule has 0 aliphatic heterocycles. The summed E-state index contributed by atoms with van der Waals surface area (Å²) in [5.41, 5.74) is 0. The average Bonchev–Trinajstić information content (AvgIpc) is 2.47. The molecule has 1 N–H and O–H groups in total. The van der Waals surface area contributed by atoms with E-state index in [1.165, 1.54) is 57.9 Å². The summed E-state index contributed by atoms with van der Waals surface area (Å²) in [7, 11) is 4.42. The zero-order valence-electron chi connectivity index (χ0n) is 12.6. The molecule has 0 radical (unpaired) electrons. The van der Waals surface area contributed by atoms with Crippen LogP contribution in [0.3, 0.4) is 0 Å². The smallest absolute Gasteiger partial charge is 0.00923 e. The number of rotatable bonds is 4. The molecule has 2 aliphatic carbocycles. The average molecular weight is 252 g/mol. The number of hydrogen-bond acceptors (Lipinski definition) is 2. The zero-order chi connectivity index (χ0) is 13.0. The Balaban J connectivity index is 1.73. The molecule has 0 saturated heterocycles. The van der Waals surface area contributed by atoms with E-state index < -0.39 is 0 Å². The molecule has 2 nitrogen and oxygen atoms in total. The highest BCUT2D eigenvalue weighted by atomic mass is 15.1. The summed E-state index contributed by atoms with van der Waals surface area (Å²) >= 11 is 0. The van der Waals surface area contributed by atoms with Gasteiger partial charge in [0.25, 0.3) is 0 Å². The van der Waals surface area contributed by atoms with E-state index in [0.717, 1.165) is 23.9 Å². The second-order valence-corrected chi connectivity index (χ2v) is 6.54. The molecular weight excluding hydrogens is 220 g/mol. The lowest BCUT2D eigenvalue weighted by molar-refractivity contribution is 0.121. The summed E-state index contributed by atoms with van der Waals surface area (Å²) in [4.78, 5) is 2.55. The van der Waals surface area contributed by atoms with E-state index >= 15 is 0 Å². The van der Waals surface area contributed by atoms with Gasteiger partial charge in [0.1, 0.15) is 0 Å². The molecule has 2 rings (SSSR count). The minimum atomic E-state index is 0.809. The number of hydrogen-bond donors (Lipinski definition) is 1. The van der Waals surface area contributed by atoms with Crippen LogP contribution in [0.1, 0.15) is 58.3 Å². The summed E-state index contributed by atoms with van der Waals surface area (Å²) in [6, 6.07) is 1.68. The minimum absolute atomic E-state index is 0.809. The summed E-state index contributed by atoms with van der Waals surface area (Å²) < 4.78 is 0. The molecule has 2 saturated carbocycles. The first kappa shape index (κ1) is 14.3. The Labute approximate surface area is 114 Å². The molecule has 2 aliphatic rings. The highest BCUT2D eigenvalue weighted by Crippen LogP contribution is 2.39. The van der Waals surface area contributed by atoms with Crippen LogP contribution in [-0.4, -0.2) is 37.6 Å². The molecule has 0 bridgehead atoms. The number of nitrogens with one attached hydrogen (secondary N) is 1. The summed E-state index contributed by atoms with van der Waals surface area (Å²) in [6.07, 6.45) is 11.6. The first-order valence-corrected chi connectivity index (χ1v) is 8.12. The van der Waals surface area contributed by atoms with Gasteiger partial charge in [-0.25, -0.2) is 0 Å².